The van der Waals surface area contributed by atoms with Crippen LogP contribution in [0.15, 0.2) is 35.3 Å². The molecule has 2 unspecified atom stereocenters. The van der Waals surface area contributed by atoms with Crippen LogP contribution in [0.3, 0.4) is 0 Å². The number of piperidine rings is 2. The third kappa shape index (κ3) is 6.18. The molecule has 7 heteroatoms. The number of nitrogens with zero attached hydrogens (tertiary/aromatic N) is 3. The van der Waals surface area contributed by atoms with Crippen LogP contribution in [-0.4, -0.2) is 81.2 Å². The number of ether oxygens (including phenoxy) is 1. The predicted molar refractivity (Wildman–Crippen MR) is 116 cm³/mol. The van der Waals surface area contributed by atoms with E-state index in [4.69, 9.17) is 4.74 Å². The van der Waals surface area contributed by atoms with Gasteiger partial charge in [0.2, 0.25) is 5.91 Å². The fourth-order valence-electron chi connectivity index (χ4n) is 4.56. The Morgan fingerprint density at radius 2 is 2.03 bits per heavy atom. The van der Waals surface area contributed by atoms with Gasteiger partial charge in [0.25, 0.3) is 0 Å². The van der Waals surface area contributed by atoms with Gasteiger partial charge in [-0.1, -0.05) is 30.3 Å². The zero-order valence-corrected chi connectivity index (χ0v) is 17.8. The van der Waals surface area contributed by atoms with Crippen LogP contribution in [0, 0.1) is 5.92 Å². The lowest BCUT2D eigenvalue weighted by Crippen LogP contribution is -2.57. The summed E-state index contributed by atoms with van der Waals surface area (Å²) in [6.45, 7) is 5.48. The molecule has 0 saturated carbocycles. The first-order valence-corrected chi connectivity index (χ1v) is 10.7. The van der Waals surface area contributed by atoms with Crippen molar-refractivity contribution in [2.75, 3.05) is 53.5 Å². The fourth-order valence-corrected chi connectivity index (χ4v) is 4.56. The number of fused-ring (bicyclic) bond motifs is 1. The Hall–Kier alpha value is -2.12. The second-order valence-electron chi connectivity index (χ2n) is 7.90. The number of likely N-dealkylation sites (tertiary alicyclic amines) is 2. The lowest BCUT2D eigenvalue weighted by Gasteiger charge is -2.48. The maximum Gasteiger partial charge on any atom is 0.239 e. The summed E-state index contributed by atoms with van der Waals surface area (Å²) in [5.74, 6) is 1.44. The first-order chi connectivity index (χ1) is 14.2. The van der Waals surface area contributed by atoms with E-state index in [1.54, 1.807) is 14.2 Å². The highest BCUT2D eigenvalue weighted by Crippen LogP contribution is 2.31. The molecule has 1 aromatic carbocycles. The molecule has 2 saturated heterocycles. The van der Waals surface area contributed by atoms with Crippen molar-refractivity contribution >= 4 is 11.9 Å². The summed E-state index contributed by atoms with van der Waals surface area (Å²) in [6.07, 6.45) is 3.65. The van der Waals surface area contributed by atoms with E-state index in [9.17, 15) is 4.79 Å². The molecule has 7 nitrogen and oxygen atoms in total. The van der Waals surface area contributed by atoms with Crippen molar-refractivity contribution in [1.82, 2.24) is 20.4 Å². The van der Waals surface area contributed by atoms with Gasteiger partial charge >= 0.3 is 0 Å². The predicted octanol–water partition coefficient (Wildman–Crippen LogP) is 1.31. The smallest absolute Gasteiger partial charge is 0.239 e. The van der Waals surface area contributed by atoms with Gasteiger partial charge < -0.3 is 20.3 Å². The number of benzene rings is 1. The third-order valence-electron chi connectivity index (χ3n) is 5.96. The molecular formula is C22H35N5O2. The first kappa shape index (κ1) is 21.6. The van der Waals surface area contributed by atoms with Crippen LogP contribution in [0.1, 0.15) is 24.8 Å². The molecule has 3 rings (SSSR count). The van der Waals surface area contributed by atoms with Crippen LogP contribution in [-0.2, 0) is 16.1 Å². The number of hydrogen-bond acceptors (Lipinski definition) is 4. The van der Waals surface area contributed by atoms with Crippen molar-refractivity contribution in [3.05, 3.63) is 35.9 Å². The summed E-state index contributed by atoms with van der Waals surface area (Å²) in [6, 6.07) is 11.4. The van der Waals surface area contributed by atoms with Crippen LogP contribution in [0.5, 0.6) is 0 Å². The zero-order chi connectivity index (χ0) is 20.5. The molecule has 1 aromatic rings. The second kappa shape index (κ2) is 11.2. The van der Waals surface area contributed by atoms with E-state index < -0.39 is 0 Å². The first-order valence-electron chi connectivity index (χ1n) is 10.7. The molecule has 1 amide bonds. The highest BCUT2D eigenvalue weighted by Gasteiger charge is 2.36. The molecular weight excluding hydrogens is 366 g/mol. The normalized spacial score (nSPS) is 22.8. The van der Waals surface area contributed by atoms with E-state index in [1.165, 1.54) is 24.9 Å². The minimum absolute atomic E-state index is 0.0372. The molecule has 2 aliphatic heterocycles. The Balaban J connectivity index is 1.50. The second-order valence-corrected chi connectivity index (χ2v) is 7.90. The maximum atomic E-state index is 12.0. The minimum Gasteiger partial charge on any atom is -0.383 e. The highest BCUT2D eigenvalue weighted by molar-refractivity contribution is 5.86. The number of nitrogens with one attached hydrogen (secondary N) is 2. The Morgan fingerprint density at radius 1 is 1.21 bits per heavy atom. The average molecular weight is 402 g/mol. The van der Waals surface area contributed by atoms with Crippen molar-refractivity contribution in [1.29, 1.82) is 0 Å². The van der Waals surface area contributed by atoms with Gasteiger partial charge in [-0.3, -0.25) is 14.7 Å². The summed E-state index contributed by atoms with van der Waals surface area (Å²) in [5.41, 5.74) is 1.40. The molecule has 0 radical (unpaired) electrons. The van der Waals surface area contributed by atoms with Gasteiger partial charge in [0.1, 0.15) is 0 Å². The lowest BCUT2D eigenvalue weighted by atomic mass is 9.83. The van der Waals surface area contributed by atoms with E-state index in [0.717, 1.165) is 32.0 Å². The van der Waals surface area contributed by atoms with E-state index >= 15 is 0 Å². The number of rotatable bonds is 7. The Labute approximate surface area is 174 Å². The molecule has 160 valence electrons. The summed E-state index contributed by atoms with van der Waals surface area (Å²) in [4.78, 5) is 21.4. The van der Waals surface area contributed by atoms with Gasteiger partial charge in [-0.2, -0.15) is 0 Å². The van der Waals surface area contributed by atoms with Gasteiger partial charge in [0.15, 0.2) is 5.96 Å². The van der Waals surface area contributed by atoms with Crippen LogP contribution >= 0.6 is 0 Å². The van der Waals surface area contributed by atoms with Crippen molar-refractivity contribution < 1.29 is 9.53 Å². The molecule has 0 bridgehead atoms. The topological polar surface area (TPSA) is 69.2 Å². The molecule has 2 fully saturated rings. The Kier molecular flexibility index (Phi) is 8.31. The lowest BCUT2D eigenvalue weighted by molar-refractivity contribution is -0.120. The molecule has 2 heterocycles. The van der Waals surface area contributed by atoms with Crippen LogP contribution in [0.25, 0.3) is 0 Å². The van der Waals surface area contributed by atoms with Crippen LogP contribution in [0.2, 0.25) is 0 Å². The number of methoxy groups -OCH3 is 1. The minimum atomic E-state index is -0.0372. The summed E-state index contributed by atoms with van der Waals surface area (Å²) >= 11 is 0. The molecule has 0 aromatic heterocycles. The number of amides is 1. The number of hydrogen-bond donors (Lipinski definition) is 2. The van der Waals surface area contributed by atoms with E-state index in [2.05, 4.69) is 55.8 Å². The molecule has 0 aliphatic carbocycles. The van der Waals surface area contributed by atoms with Gasteiger partial charge in [-0.05, 0) is 37.3 Å². The number of carbonyl (C=O) groups excluding carboxylic acids is 1. The SMILES string of the molecule is CN=C(NCC(=O)NCCOC)N1CCC2C(CCCN2Cc2ccccc2)C1. The largest absolute Gasteiger partial charge is 0.383 e. The maximum absolute atomic E-state index is 12.0. The summed E-state index contributed by atoms with van der Waals surface area (Å²) < 4.78 is 4.96. The summed E-state index contributed by atoms with van der Waals surface area (Å²) in [5, 5.41) is 6.06. The quantitative estimate of drug-likeness (QED) is 0.410. The van der Waals surface area contributed by atoms with Gasteiger partial charge in [-0.15, -0.1) is 0 Å². The zero-order valence-electron chi connectivity index (χ0n) is 17.8. The van der Waals surface area contributed by atoms with Gasteiger partial charge in [0.05, 0.1) is 13.2 Å². The molecule has 2 atom stereocenters. The molecule has 0 spiro atoms. The van der Waals surface area contributed by atoms with E-state index in [1.807, 2.05) is 0 Å². The third-order valence-corrected chi connectivity index (χ3v) is 5.96. The standard InChI is InChI=1S/C22H35N5O2/c1-23-22(25-15-21(28)24-11-14-29-2)27-13-10-20-19(17-27)9-6-12-26(20)16-18-7-4-3-5-8-18/h3-5,7-8,19-20H,6,9-17H2,1-2H3,(H,23,25)(H,24,28). The van der Waals surface area contributed by atoms with Crippen molar-refractivity contribution in [3.63, 3.8) is 0 Å². The monoisotopic (exact) mass is 401 g/mol. The molecule has 2 aliphatic rings. The number of carbonyl (C=O) groups is 1. The number of guanidine groups is 1. The number of aliphatic imine (C=N–C) groups is 1. The van der Waals surface area contributed by atoms with Crippen molar-refractivity contribution in [3.8, 4) is 0 Å². The van der Waals surface area contributed by atoms with Crippen molar-refractivity contribution in [2.24, 2.45) is 10.9 Å². The molecule has 2 N–H and O–H groups in total. The molecule has 29 heavy (non-hydrogen) atoms. The fraction of sp³-hybridized carbons (Fsp3) is 0.636. The average Bonchev–Trinajstić information content (AvgIpc) is 2.75. The van der Waals surface area contributed by atoms with Crippen molar-refractivity contribution in [2.45, 2.75) is 31.8 Å². The Bertz CT molecular complexity index is 666. The van der Waals surface area contributed by atoms with Gasteiger partial charge in [-0.25, -0.2) is 0 Å². The van der Waals surface area contributed by atoms with E-state index in [0.29, 0.717) is 25.1 Å². The highest BCUT2D eigenvalue weighted by atomic mass is 16.5. The Morgan fingerprint density at radius 3 is 2.79 bits per heavy atom. The van der Waals surface area contributed by atoms with Gasteiger partial charge in [0, 0.05) is 46.4 Å². The van der Waals surface area contributed by atoms with Crippen LogP contribution < -0.4 is 10.6 Å². The summed E-state index contributed by atoms with van der Waals surface area (Å²) in [7, 11) is 3.42. The van der Waals surface area contributed by atoms with E-state index in [-0.39, 0.29) is 12.5 Å². The van der Waals surface area contributed by atoms with Crippen LogP contribution in [0.4, 0.5) is 0 Å².